The number of hydrogen-bond donors (Lipinski definition) is 2. The molecule has 0 aromatic heterocycles. The fourth-order valence-electron chi connectivity index (χ4n) is 1.27. The van der Waals surface area contributed by atoms with Gasteiger partial charge in [0.25, 0.3) is 0 Å². The summed E-state index contributed by atoms with van der Waals surface area (Å²) in [5, 5.41) is 1.74. The number of alkyl halides is 3. The molecular weight excluding hydrogens is 297 g/mol. The Bertz CT molecular complexity index is 556. The van der Waals surface area contributed by atoms with Crippen molar-refractivity contribution in [3.63, 3.8) is 0 Å². The molecule has 1 aromatic rings. The molecule has 0 aliphatic heterocycles. The predicted octanol–water partition coefficient (Wildman–Crippen LogP) is 1.97. The second-order valence-electron chi connectivity index (χ2n) is 3.75. The van der Waals surface area contributed by atoms with Crippen molar-refractivity contribution < 1.29 is 22.8 Å². The quantitative estimate of drug-likeness (QED) is 0.835. The Balaban J connectivity index is 2.83. The van der Waals surface area contributed by atoms with Gasteiger partial charge in [0.05, 0.1) is 17.1 Å². The molecule has 1 rings (SSSR count). The third kappa shape index (κ3) is 4.93. The van der Waals surface area contributed by atoms with Crippen LogP contribution in [0.1, 0.15) is 11.1 Å². The molecule has 0 saturated heterocycles. The van der Waals surface area contributed by atoms with E-state index in [2.05, 4.69) is 5.32 Å². The first-order valence-corrected chi connectivity index (χ1v) is 5.69. The number of nitrogens with one attached hydrogen (secondary N) is 1. The van der Waals surface area contributed by atoms with Gasteiger partial charge in [-0.3, -0.25) is 9.59 Å². The summed E-state index contributed by atoms with van der Waals surface area (Å²) in [5.41, 5.74) is 3.98. The van der Waals surface area contributed by atoms with Crippen LogP contribution in [0.15, 0.2) is 24.3 Å². The van der Waals surface area contributed by atoms with Gasteiger partial charge >= 0.3 is 6.18 Å². The van der Waals surface area contributed by atoms with Crippen LogP contribution in [0.4, 0.5) is 13.2 Å². The molecule has 108 valence electrons. The third-order valence-electron chi connectivity index (χ3n) is 2.16. The predicted molar refractivity (Wildman–Crippen MR) is 67.7 cm³/mol. The Morgan fingerprint density at radius 3 is 2.55 bits per heavy atom. The average Bonchev–Trinajstić information content (AvgIpc) is 2.33. The SMILES string of the molecule is NC(=O)CNC(=O)/C=C/c1ccc(Cl)c(C(F)(F)F)c1. The zero-order valence-electron chi connectivity index (χ0n) is 10.00. The molecule has 0 bridgehead atoms. The van der Waals surface area contributed by atoms with Gasteiger partial charge in [-0.05, 0) is 23.8 Å². The first-order valence-electron chi connectivity index (χ1n) is 5.31. The number of primary amides is 1. The Hall–Kier alpha value is -2.02. The van der Waals surface area contributed by atoms with Crippen molar-refractivity contribution in [1.82, 2.24) is 5.32 Å². The Morgan fingerprint density at radius 1 is 1.35 bits per heavy atom. The number of rotatable bonds is 4. The lowest BCUT2D eigenvalue weighted by Gasteiger charge is -2.09. The summed E-state index contributed by atoms with van der Waals surface area (Å²) < 4.78 is 37.8. The van der Waals surface area contributed by atoms with Crippen LogP contribution >= 0.6 is 11.6 Å². The second kappa shape index (κ2) is 6.42. The second-order valence-corrected chi connectivity index (χ2v) is 4.16. The number of hydrogen-bond acceptors (Lipinski definition) is 2. The largest absolute Gasteiger partial charge is 0.417 e. The van der Waals surface area contributed by atoms with Gasteiger partial charge in [0.1, 0.15) is 0 Å². The normalized spacial score (nSPS) is 11.6. The van der Waals surface area contributed by atoms with Crippen molar-refractivity contribution in [2.75, 3.05) is 6.54 Å². The minimum Gasteiger partial charge on any atom is -0.368 e. The van der Waals surface area contributed by atoms with Crippen molar-refractivity contribution in [3.05, 3.63) is 40.4 Å². The number of benzene rings is 1. The van der Waals surface area contributed by atoms with Gasteiger partial charge in [0.15, 0.2) is 0 Å². The maximum Gasteiger partial charge on any atom is 0.417 e. The fraction of sp³-hybridized carbons (Fsp3) is 0.167. The summed E-state index contributed by atoms with van der Waals surface area (Å²) in [7, 11) is 0. The molecule has 3 N–H and O–H groups in total. The number of halogens is 4. The van der Waals surface area contributed by atoms with E-state index in [9.17, 15) is 22.8 Å². The smallest absolute Gasteiger partial charge is 0.368 e. The van der Waals surface area contributed by atoms with Gasteiger partial charge in [-0.25, -0.2) is 0 Å². The maximum atomic E-state index is 12.6. The van der Waals surface area contributed by atoms with Crippen LogP contribution in [-0.2, 0) is 15.8 Å². The molecule has 0 fully saturated rings. The number of carbonyl (C=O) groups excluding carboxylic acids is 2. The van der Waals surface area contributed by atoms with Crippen LogP contribution in [0.3, 0.4) is 0 Å². The van der Waals surface area contributed by atoms with Gasteiger partial charge in [0.2, 0.25) is 11.8 Å². The Labute approximate surface area is 117 Å². The van der Waals surface area contributed by atoms with Crippen LogP contribution in [-0.4, -0.2) is 18.4 Å². The minimum absolute atomic E-state index is 0.149. The van der Waals surface area contributed by atoms with E-state index in [1.807, 2.05) is 0 Å². The first kappa shape index (κ1) is 16.0. The van der Waals surface area contributed by atoms with Crippen molar-refractivity contribution >= 4 is 29.5 Å². The molecule has 0 heterocycles. The highest BCUT2D eigenvalue weighted by Gasteiger charge is 2.33. The lowest BCUT2D eigenvalue weighted by atomic mass is 10.1. The molecule has 20 heavy (non-hydrogen) atoms. The van der Waals surface area contributed by atoms with Crippen molar-refractivity contribution in [2.24, 2.45) is 5.73 Å². The van der Waals surface area contributed by atoms with E-state index in [0.717, 1.165) is 18.2 Å². The van der Waals surface area contributed by atoms with Gasteiger partial charge in [-0.1, -0.05) is 17.7 Å². The van der Waals surface area contributed by atoms with E-state index in [-0.39, 0.29) is 12.1 Å². The average molecular weight is 307 g/mol. The third-order valence-corrected chi connectivity index (χ3v) is 2.49. The van der Waals surface area contributed by atoms with Crippen LogP contribution in [0.5, 0.6) is 0 Å². The van der Waals surface area contributed by atoms with Gasteiger partial charge in [0, 0.05) is 6.08 Å². The summed E-state index contributed by atoms with van der Waals surface area (Å²) in [6, 6.07) is 3.24. The van der Waals surface area contributed by atoms with E-state index in [4.69, 9.17) is 17.3 Å². The van der Waals surface area contributed by atoms with E-state index in [1.54, 1.807) is 0 Å². The molecule has 0 saturated carbocycles. The van der Waals surface area contributed by atoms with Crippen LogP contribution in [0, 0.1) is 0 Å². The van der Waals surface area contributed by atoms with Crippen LogP contribution < -0.4 is 11.1 Å². The monoisotopic (exact) mass is 306 g/mol. The number of amides is 2. The van der Waals surface area contributed by atoms with Crippen molar-refractivity contribution in [1.29, 1.82) is 0 Å². The van der Waals surface area contributed by atoms with Gasteiger partial charge < -0.3 is 11.1 Å². The molecule has 0 aliphatic rings. The summed E-state index contributed by atoms with van der Waals surface area (Å²) in [4.78, 5) is 21.6. The van der Waals surface area contributed by atoms with E-state index >= 15 is 0 Å². The molecule has 0 aliphatic carbocycles. The molecule has 4 nitrogen and oxygen atoms in total. The highest BCUT2D eigenvalue weighted by Crippen LogP contribution is 2.35. The van der Waals surface area contributed by atoms with E-state index < -0.39 is 28.6 Å². The molecule has 0 spiro atoms. The summed E-state index contributed by atoms with van der Waals surface area (Å²) in [6.45, 7) is -0.350. The Morgan fingerprint density at radius 2 is 2.00 bits per heavy atom. The number of carbonyl (C=O) groups is 2. The first-order chi connectivity index (χ1) is 9.20. The zero-order valence-corrected chi connectivity index (χ0v) is 10.8. The van der Waals surface area contributed by atoms with E-state index in [1.165, 1.54) is 12.1 Å². The topological polar surface area (TPSA) is 72.2 Å². The molecule has 0 radical (unpaired) electrons. The summed E-state index contributed by atoms with van der Waals surface area (Å²) >= 11 is 5.45. The molecule has 0 unspecified atom stereocenters. The zero-order chi connectivity index (χ0) is 15.3. The lowest BCUT2D eigenvalue weighted by Crippen LogP contribution is -2.32. The standard InChI is InChI=1S/C12H10ClF3N2O2/c13-9-3-1-7(5-8(9)12(14,15)16)2-4-11(20)18-6-10(17)19/h1-5H,6H2,(H2,17,19)(H,18,20)/b4-2+. The molecule has 0 atom stereocenters. The summed E-state index contributed by atoms with van der Waals surface area (Å²) in [5.74, 6) is -1.37. The maximum absolute atomic E-state index is 12.6. The van der Waals surface area contributed by atoms with Gasteiger partial charge in [-0.15, -0.1) is 0 Å². The minimum atomic E-state index is -4.57. The lowest BCUT2D eigenvalue weighted by molar-refractivity contribution is -0.137. The molecule has 2 amide bonds. The summed E-state index contributed by atoms with van der Waals surface area (Å²) in [6.07, 6.45) is -2.41. The van der Waals surface area contributed by atoms with Crippen LogP contribution in [0.2, 0.25) is 5.02 Å². The number of nitrogens with two attached hydrogens (primary N) is 1. The molecule has 1 aromatic carbocycles. The van der Waals surface area contributed by atoms with Crippen LogP contribution in [0.25, 0.3) is 6.08 Å². The van der Waals surface area contributed by atoms with Crippen molar-refractivity contribution in [3.8, 4) is 0 Å². The highest BCUT2D eigenvalue weighted by molar-refractivity contribution is 6.31. The molecular formula is C12H10ClF3N2O2. The highest BCUT2D eigenvalue weighted by atomic mass is 35.5. The van der Waals surface area contributed by atoms with E-state index in [0.29, 0.717) is 0 Å². The Kier molecular flexibility index (Phi) is 5.15. The van der Waals surface area contributed by atoms with Crippen molar-refractivity contribution in [2.45, 2.75) is 6.18 Å². The molecule has 8 heteroatoms. The fourth-order valence-corrected chi connectivity index (χ4v) is 1.49. The van der Waals surface area contributed by atoms with Gasteiger partial charge in [-0.2, -0.15) is 13.2 Å².